The maximum Gasteiger partial charge on any atom is 0.387 e. The number of alkyl halides is 4. The van der Waals surface area contributed by atoms with Gasteiger partial charge in [-0.25, -0.2) is 13.5 Å². The number of hydrogen-bond donors (Lipinski definition) is 1. The highest BCUT2D eigenvalue weighted by Gasteiger charge is 2.22. The summed E-state index contributed by atoms with van der Waals surface area (Å²) in [5.41, 5.74) is 4.26. The molecule has 1 amide bonds. The Bertz CT molecular complexity index is 940. The molecule has 0 aliphatic carbocycles. The molecule has 5 nitrogen and oxygen atoms in total. The molecular formula is C16H11F4N3O2. The number of hydrogen-bond acceptors (Lipinski definition) is 3. The average molecular weight is 353 g/mol. The van der Waals surface area contributed by atoms with Gasteiger partial charge in [0, 0.05) is 11.6 Å². The minimum absolute atomic E-state index is 0.0914. The molecule has 0 fully saturated rings. The third-order valence-electron chi connectivity index (χ3n) is 3.52. The van der Waals surface area contributed by atoms with Crippen molar-refractivity contribution < 1.29 is 27.1 Å². The van der Waals surface area contributed by atoms with E-state index in [0.29, 0.717) is 16.5 Å². The lowest BCUT2D eigenvalue weighted by atomic mass is 10.1. The van der Waals surface area contributed by atoms with Gasteiger partial charge in [-0.2, -0.15) is 13.9 Å². The number of rotatable bonds is 5. The third-order valence-corrected chi connectivity index (χ3v) is 3.52. The van der Waals surface area contributed by atoms with Gasteiger partial charge in [0.1, 0.15) is 11.4 Å². The molecule has 3 aromatic rings. The van der Waals surface area contributed by atoms with E-state index in [4.69, 9.17) is 5.73 Å². The highest BCUT2D eigenvalue weighted by Crippen LogP contribution is 2.29. The smallest absolute Gasteiger partial charge is 0.387 e. The number of fused-ring (bicyclic) bond motifs is 1. The average Bonchev–Trinajstić information content (AvgIpc) is 2.99. The van der Waals surface area contributed by atoms with E-state index < -0.39 is 30.2 Å². The minimum Gasteiger partial charge on any atom is -0.435 e. The highest BCUT2D eigenvalue weighted by molar-refractivity contribution is 5.95. The van der Waals surface area contributed by atoms with Crippen LogP contribution in [-0.4, -0.2) is 22.3 Å². The highest BCUT2D eigenvalue weighted by atomic mass is 19.3. The summed E-state index contributed by atoms with van der Waals surface area (Å²) >= 11 is 0. The first-order chi connectivity index (χ1) is 11.9. The van der Waals surface area contributed by atoms with Crippen molar-refractivity contribution in [1.29, 1.82) is 0 Å². The van der Waals surface area contributed by atoms with E-state index in [1.807, 2.05) is 0 Å². The van der Waals surface area contributed by atoms with E-state index in [1.165, 1.54) is 12.1 Å². The van der Waals surface area contributed by atoms with E-state index in [9.17, 15) is 22.4 Å². The zero-order valence-corrected chi connectivity index (χ0v) is 12.5. The van der Waals surface area contributed by atoms with Crippen molar-refractivity contribution in [3.63, 3.8) is 0 Å². The largest absolute Gasteiger partial charge is 0.435 e. The van der Waals surface area contributed by atoms with Gasteiger partial charge in [0.2, 0.25) is 0 Å². The lowest BCUT2D eigenvalue weighted by molar-refractivity contribution is -0.0497. The fourth-order valence-electron chi connectivity index (χ4n) is 2.47. The van der Waals surface area contributed by atoms with Gasteiger partial charge >= 0.3 is 6.61 Å². The number of aromatic nitrogens is 2. The fourth-order valence-corrected chi connectivity index (χ4v) is 2.47. The molecule has 130 valence electrons. The van der Waals surface area contributed by atoms with E-state index in [-0.39, 0.29) is 5.75 Å². The van der Waals surface area contributed by atoms with Gasteiger partial charge in [-0.1, -0.05) is 18.2 Å². The molecule has 0 aliphatic heterocycles. The summed E-state index contributed by atoms with van der Waals surface area (Å²) in [6.45, 7) is -3.00. The Hall–Kier alpha value is -3.10. The molecule has 2 N–H and O–H groups in total. The Morgan fingerprint density at radius 1 is 1.16 bits per heavy atom. The molecule has 0 saturated carbocycles. The normalized spacial score (nSPS) is 11.4. The van der Waals surface area contributed by atoms with Crippen LogP contribution in [0.15, 0.2) is 42.6 Å². The Kier molecular flexibility index (Phi) is 4.30. The maximum atomic E-state index is 13.1. The number of nitrogens with zero attached hydrogens (tertiary/aromatic N) is 2. The molecule has 0 unspecified atom stereocenters. The van der Waals surface area contributed by atoms with Crippen LogP contribution in [-0.2, 0) is 0 Å². The van der Waals surface area contributed by atoms with Crippen molar-refractivity contribution in [3.05, 3.63) is 53.9 Å². The molecule has 0 aliphatic rings. The molecule has 1 aromatic heterocycles. The van der Waals surface area contributed by atoms with Crippen LogP contribution in [0.4, 0.5) is 17.6 Å². The second-order valence-electron chi connectivity index (χ2n) is 5.08. The molecule has 0 atom stereocenters. The Labute approximate surface area is 138 Å². The number of carbonyl (C=O) groups is 1. The van der Waals surface area contributed by atoms with Gasteiger partial charge in [-0.3, -0.25) is 4.79 Å². The van der Waals surface area contributed by atoms with Crippen molar-refractivity contribution in [2.75, 3.05) is 0 Å². The summed E-state index contributed by atoms with van der Waals surface area (Å²) in [4.78, 5) is 11.3. The lowest BCUT2D eigenvalue weighted by Gasteiger charge is -2.09. The molecule has 0 saturated heterocycles. The van der Waals surface area contributed by atoms with Crippen molar-refractivity contribution in [2.45, 2.75) is 13.0 Å². The van der Waals surface area contributed by atoms with E-state index >= 15 is 0 Å². The summed E-state index contributed by atoms with van der Waals surface area (Å²) in [5, 5.41) is 4.80. The molecule has 2 aromatic carbocycles. The zero-order chi connectivity index (χ0) is 18.1. The predicted octanol–water partition coefficient (Wildman–Crippen LogP) is 3.66. The zero-order valence-electron chi connectivity index (χ0n) is 12.5. The number of carbonyl (C=O) groups excluding carboxylic acids is 1. The number of nitrogens with two attached hydrogens (primary N) is 1. The van der Waals surface area contributed by atoms with Gasteiger partial charge < -0.3 is 10.5 Å². The van der Waals surface area contributed by atoms with Crippen LogP contribution in [0.5, 0.6) is 5.75 Å². The van der Waals surface area contributed by atoms with Gasteiger partial charge in [-0.15, -0.1) is 0 Å². The van der Waals surface area contributed by atoms with Crippen LogP contribution in [0.3, 0.4) is 0 Å². The van der Waals surface area contributed by atoms with Crippen LogP contribution in [0.2, 0.25) is 0 Å². The standard InChI is InChI=1S/C16H11F4N3O2/c17-14(18)13-11(15(21)24)7-23(22-13)12-3-1-2-8-4-5-9(6-10(8)12)25-16(19)20/h1-7,14,16H,(H2,21,24). The molecule has 0 bridgehead atoms. The van der Waals surface area contributed by atoms with Crippen LogP contribution in [0.25, 0.3) is 16.5 Å². The van der Waals surface area contributed by atoms with Crippen molar-refractivity contribution in [2.24, 2.45) is 5.73 Å². The topological polar surface area (TPSA) is 70.1 Å². The first-order valence-corrected chi connectivity index (χ1v) is 7.02. The number of primary amides is 1. The van der Waals surface area contributed by atoms with E-state index in [1.54, 1.807) is 24.3 Å². The quantitative estimate of drug-likeness (QED) is 0.712. The summed E-state index contributed by atoms with van der Waals surface area (Å²) in [5.74, 6) is -1.13. The lowest BCUT2D eigenvalue weighted by Crippen LogP contribution is -2.12. The predicted molar refractivity (Wildman–Crippen MR) is 81.2 cm³/mol. The fraction of sp³-hybridized carbons (Fsp3) is 0.125. The number of ether oxygens (including phenoxy) is 1. The summed E-state index contributed by atoms with van der Waals surface area (Å²) in [6, 6.07) is 9.13. The van der Waals surface area contributed by atoms with Crippen LogP contribution >= 0.6 is 0 Å². The third kappa shape index (κ3) is 3.25. The second-order valence-corrected chi connectivity index (χ2v) is 5.08. The molecule has 0 radical (unpaired) electrons. The van der Waals surface area contributed by atoms with Gasteiger partial charge in [-0.05, 0) is 23.6 Å². The molecule has 0 spiro atoms. The number of amides is 1. The Morgan fingerprint density at radius 2 is 1.92 bits per heavy atom. The molecule has 25 heavy (non-hydrogen) atoms. The first-order valence-electron chi connectivity index (χ1n) is 7.02. The Balaban J connectivity index is 2.18. The SMILES string of the molecule is NC(=O)c1cn(-c2cccc3ccc(OC(F)F)cc23)nc1C(F)F. The first kappa shape index (κ1) is 16.7. The molecular weight excluding hydrogens is 342 g/mol. The molecule has 9 heteroatoms. The van der Waals surface area contributed by atoms with Crippen molar-refractivity contribution >= 4 is 16.7 Å². The number of benzene rings is 2. The number of halogens is 4. The van der Waals surface area contributed by atoms with Crippen molar-refractivity contribution in [3.8, 4) is 11.4 Å². The van der Waals surface area contributed by atoms with E-state index in [2.05, 4.69) is 9.84 Å². The second kappa shape index (κ2) is 6.42. The minimum atomic E-state index is -3.00. The summed E-state index contributed by atoms with van der Waals surface area (Å²) < 4.78 is 56.3. The van der Waals surface area contributed by atoms with Crippen LogP contribution < -0.4 is 10.5 Å². The van der Waals surface area contributed by atoms with Gasteiger partial charge in [0.15, 0.2) is 0 Å². The summed E-state index contributed by atoms with van der Waals surface area (Å²) in [6.07, 6.45) is -1.91. The molecule has 3 rings (SSSR count). The van der Waals surface area contributed by atoms with Gasteiger partial charge in [0.05, 0.1) is 11.3 Å². The van der Waals surface area contributed by atoms with Crippen LogP contribution in [0.1, 0.15) is 22.5 Å². The van der Waals surface area contributed by atoms with E-state index in [0.717, 1.165) is 10.9 Å². The molecule has 1 heterocycles. The summed E-state index contributed by atoms with van der Waals surface area (Å²) in [7, 11) is 0. The maximum absolute atomic E-state index is 13.1. The van der Waals surface area contributed by atoms with Crippen LogP contribution in [0, 0.1) is 0 Å². The van der Waals surface area contributed by atoms with Crippen molar-refractivity contribution in [1.82, 2.24) is 9.78 Å². The Morgan fingerprint density at radius 3 is 2.52 bits per heavy atom. The monoisotopic (exact) mass is 353 g/mol. The van der Waals surface area contributed by atoms with Gasteiger partial charge in [0.25, 0.3) is 12.3 Å².